The normalized spacial score (nSPS) is 16.1. The monoisotopic (exact) mass is 339 g/mol. The van der Waals surface area contributed by atoms with E-state index in [4.69, 9.17) is 4.74 Å². The minimum Gasteiger partial charge on any atom is -0.493 e. The van der Waals surface area contributed by atoms with E-state index >= 15 is 0 Å². The molecule has 2 rings (SSSR count). The van der Waals surface area contributed by atoms with Gasteiger partial charge in [-0.2, -0.15) is 0 Å². The summed E-state index contributed by atoms with van der Waals surface area (Å²) in [4.78, 5) is 0. The molecule has 0 bridgehead atoms. The topological polar surface area (TPSA) is 21.3 Å². The van der Waals surface area contributed by atoms with Crippen LogP contribution in [0.4, 0.5) is 0 Å². The van der Waals surface area contributed by atoms with Gasteiger partial charge in [-0.15, -0.1) is 0 Å². The number of hydrogen-bond donors (Lipinski definition) is 1. The van der Waals surface area contributed by atoms with Crippen molar-refractivity contribution in [2.45, 2.75) is 58.5 Å². The fourth-order valence-corrected chi connectivity index (χ4v) is 2.85. The average Bonchev–Trinajstić information content (AvgIpc) is 3.26. The second-order valence-electron chi connectivity index (χ2n) is 5.77. The lowest BCUT2D eigenvalue weighted by Crippen LogP contribution is -2.28. The lowest BCUT2D eigenvalue weighted by Gasteiger charge is -2.18. The summed E-state index contributed by atoms with van der Waals surface area (Å²) in [6.45, 7) is 6.09. The molecular formula is C17H26BrNO. The minimum absolute atomic E-state index is 0.639. The van der Waals surface area contributed by atoms with E-state index in [0.29, 0.717) is 6.04 Å². The molecule has 0 aliphatic heterocycles. The molecule has 1 aromatic carbocycles. The van der Waals surface area contributed by atoms with Crippen LogP contribution in [0.15, 0.2) is 22.7 Å². The third kappa shape index (κ3) is 5.10. The zero-order chi connectivity index (χ0) is 14.4. The highest BCUT2D eigenvalue weighted by molar-refractivity contribution is 9.10. The van der Waals surface area contributed by atoms with E-state index in [0.717, 1.165) is 35.7 Å². The lowest BCUT2D eigenvalue weighted by atomic mass is 10.1. The number of ether oxygens (including phenoxy) is 1. The summed E-state index contributed by atoms with van der Waals surface area (Å²) in [5, 5.41) is 3.70. The third-order valence-corrected chi connectivity index (χ3v) is 4.37. The van der Waals surface area contributed by atoms with Gasteiger partial charge in [-0.3, -0.25) is 0 Å². The molecule has 0 heterocycles. The molecule has 1 saturated carbocycles. The fourth-order valence-electron chi connectivity index (χ4n) is 2.44. The fraction of sp³-hybridized carbons (Fsp3) is 0.647. The van der Waals surface area contributed by atoms with Gasteiger partial charge in [-0.05, 0) is 43.4 Å². The van der Waals surface area contributed by atoms with Crippen molar-refractivity contribution in [3.63, 3.8) is 0 Å². The summed E-state index contributed by atoms with van der Waals surface area (Å²) >= 11 is 3.56. The number of nitrogens with one attached hydrogen (secondary N) is 1. The molecule has 1 aromatic rings. The molecule has 0 aromatic heterocycles. The van der Waals surface area contributed by atoms with E-state index in [9.17, 15) is 0 Å². The van der Waals surface area contributed by atoms with E-state index in [1.807, 2.05) is 0 Å². The molecule has 20 heavy (non-hydrogen) atoms. The summed E-state index contributed by atoms with van der Waals surface area (Å²) < 4.78 is 6.96. The standard InChI is InChI=1S/C17H26BrNO/c1-3-9-20-17-8-7-15(18)11-14(17)12-19-16(4-2)10-13-5-6-13/h7-8,11,13,16,19H,3-6,9-10,12H2,1-2H3. The predicted molar refractivity (Wildman–Crippen MR) is 88.2 cm³/mol. The maximum absolute atomic E-state index is 5.84. The summed E-state index contributed by atoms with van der Waals surface area (Å²) in [6.07, 6.45) is 6.44. The van der Waals surface area contributed by atoms with E-state index in [2.05, 4.69) is 53.3 Å². The van der Waals surface area contributed by atoms with Crippen molar-refractivity contribution in [3.05, 3.63) is 28.2 Å². The molecule has 1 unspecified atom stereocenters. The Balaban J connectivity index is 1.93. The Labute approximate surface area is 131 Å². The highest BCUT2D eigenvalue weighted by Gasteiger charge is 2.24. The van der Waals surface area contributed by atoms with Crippen molar-refractivity contribution in [1.29, 1.82) is 0 Å². The molecule has 1 atom stereocenters. The summed E-state index contributed by atoms with van der Waals surface area (Å²) in [5.41, 5.74) is 1.25. The van der Waals surface area contributed by atoms with Crippen molar-refractivity contribution < 1.29 is 4.74 Å². The largest absolute Gasteiger partial charge is 0.493 e. The zero-order valence-electron chi connectivity index (χ0n) is 12.6. The van der Waals surface area contributed by atoms with Gasteiger partial charge in [-0.1, -0.05) is 42.6 Å². The van der Waals surface area contributed by atoms with Crippen LogP contribution in [0, 0.1) is 5.92 Å². The molecule has 1 aliphatic rings. The van der Waals surface area contributed by atoms with Crippen molar-refractivity contribution in [2.24, 2.45) is 5.92 Å². The van der Waals surface area contributed by atoms with Crippen LogP contribution in [0.25, 0.3) is 0 Å². The van der Waals surface area contributed by atoms with Gasteiger partial charge in [-0.25, -0.2) is 0 Å². The van der Waals surface area contributed by atoms with Gasteiger partial charge < -0.3 is 10.1 Å². The zero-order valence-corrected chi connectivity index (χ0v) is 14.2. The van der Waals surface area contributed by atoms with Crippen LogP contribution in [0.5, 0.6) is 5.75 Å². The Hall–Kier alpha value is -0.540. The number of halogens is 1. The first kappa shape index (κ1) is 15.8. The summed E-state index contributed by atoms with van der Waals surface area (Å²) in [6, 6.07) is 6.93. The maximum atomic E-state index is 5.84. The molecule has 0 spiro atoms. The first-order chi connectivity index (χ1) is 9.72. The van der Waals surface area contributed by atoms with Gasteiger partial charge in [0.1, 0.15) is 5.75 Å². The SMILES string of the molecule is CCCOc1ccc(Br)cc1CNC(CC)CC1CC1. The van der Waals surface area contributed by atoms with Gasteiger partial charge in [0.2, 0.25) is 0 Å². The van der Waals surface area contributed by atoms with Crippen LogP contribution >= 0.6 is 15.9 Å². The van der Waals surface area contributed by atoms with Crippen LogP contribution in [-0.4, -0.2) is 12.6 Å². The quantitative estimate of drug-likeness (QED) is 0.690. The summed E-state index contributed by atoms with van der Waals surface area (Å²) in [7, 11) is 0. The smallest absolute Gasteiger partial charge is 0.123 e. The molecule has 0 saturated heterocycles. The van der Waals surface area contributed by atoms with Gasteiger partial charge >= 0.3 is 0 Å². The van der Waals surface area contributed by atoms with Gasteiger partial charge in [0.15, 0.2) is 0 Å². The summed E-state index contributed by atoms with van der Waals surface area (Å²) in [5.74, 6) is 1.99. The van der Waals surface area contributed by atoms with Crippen LogP contribution in [0.2, 0.25) is 0 Å². The molecule has 1 N–H and O–H groups in total. The maximum Gasteiger partial charge on any atom is 0.123 e. The molecule has 3 heteroatoms. The molecule has 2 nitrogen and oxygen atoms in total. The Kier molecular flexibility index (Phi) is 6.37. The van der Waals surface area contributed by atoms with Gasteiger partial charge in [0.05, 0.1) is 6.61 Å². The van der Waals surface area contributed by atoms with E-state index in [-0.39, 0.29) is 0 Å². The third-order valence-electron chi connectivity index (χ3n) is 3.87. The van der Waals surface area contributed by atoms with Crippen molar-refractivity contribution in [2.75, 3.05) is 6.61 Å². The number of benzene rings is 1. The van der Waals surface area contributed by atoms with Crippen LogP contribution in [0.3, 0.4) is 0 Å². The van der Waals surface area contributed by atoms with Crippen molar-refractivity contribution >= 4 is 15.9 Å². The number of hydrogen-bond acceptors (Lipinski definition) is 2. The highest BCUT2D eigenvalue weighted by atomic mass is 79.9. The molecule has 0 amide bonds. The predicted octanol–water partition coefficient (Wildman–Crippen LogP) is 4.91. The van der Waals surface area contributed by atoms with E-state index in [1.54, 1.807) is 0 Å². The van der Waals surface area contributed by atoms with Crippen molar-refractivity contribution in [1.82, 2.24) is 5.32 Å². The molecule has 1 aliphatic carbocycles. The molecule has 1 fully saturated rings. The Morgan fingerprint density at radius 2 is 2.15 bits per heavy atom. The minimum atomic E-state index is 0.639. The Morgan fingerprint density at radius 3 is 2.80 bits per heavy atom. The first-order valence-corrected chi connectivity index (χ1v) is 8.66. The van der Waals surface area contributed by atoms with Crippen LogP contribution in [-0.2, 0) is 6.54 Å². The van der Waals surface area contributed by atoms with E-state index < -0.39 is 0 Å². The molecule has 0 radical (unpaired) electrons. The second kappa shape index (κ2) is 8.04. The van der Waals surface area contributed by atoms with Crippen molar-refractivity contribution in [3.8, 4) is 5.75 Å². The van der Waals surface area contributed by atoms with E-state index in [1.165, 1.54) is 31.2 Å². The lowest BCUT2D eigenvalue weighted by molar-refractivity contribution is 0.312. The highest BCUT2D eigenvalue weighted by Crippen LogP contribution is 2.34. The van der Waals surface area contributed by atoms with Gasteiger partial charge in [0.25, 0.3) is 0 Å². The Morgan fingerprint density at radius 1 is 1.35 bits per heavy atom. The Bertz CT molecular complexity index is 417. The first-order valence-electron chi connectivity index (χ1n) is 7.87. The van der Waals surface area contributed by atoms with Gasteiger partial charge in [0, 0.05) is 22.6 Å². The second-order valence-corrected chi connectivity index (χ2v) is 6.68. The molecule has 112 valence electrons. The number of rotatable bonds is 9. The molecular weight excluding hydrogens is 314 g/mol. The van der Waals surface area contributed by atoms with Crippen LogP contribution in [0.1, 0.15) is 51.5 Å². The van der Waals surface area contributed by atoms with Crippen LogP contribution < -0.4 is 10.1 Å². The average molecular weight is 340 g/mol.